The highest BCUT2D eigenvalue weighted by Gasteiger charge is 2.22. The van der Waals surface area contributed by atoms with Crippen molar-refractivity contribution in [2.45, 2.75) is 38.8 Å². The van der Waals surface area contributed by atoms with Gasteiger partial charge in [-0.25, -0.2) is 0 Å². The molecule has 0 spiro atoms. The molecule has 0 fully saturated rings. The Bertz CT molecular complexity index is 1240. The highest BCUT2D eigenvalue weighted by atomic mass is 16.5. The van der Waals surface area contributed by atoms with Crippen LogP contribution in [0, 0.1) is 0 Å². The van der Waals surface area contributed by atoms with Crippen LogP contribution in [0.4, 0.5) is 0 Å². The minimum atomic E-state index is -0.995. The fourth-order valence-electron chi connectivity index (χ4n) is 3.76. The summed E-state index contributed by atoms with van der Waals surface area (Å²) in [4.78, 5) is 51.6. The Balaban J connectivity index is 1.52. The topological polar surface area (TPSA) is 98.2 Å². The average molecular weight is 392 g/mol. The lowest BCUT2D eigenvalue weighted by Gasteiger charge is -2.14. The van der Waals surface area contributed by atoms with Crippen molar-refractivity contribution in [2.75, 3.05) is 0 Å². The maximum Gasteiger partial charge on any atom is 0.326 e. The van der Waals surface area contributed by atoms with Gasteiger partial charge in [0.25, 0.3) is 0 Å². The largest absolute Gasteiger partial charge is 0.453 e. The standard InChI is InChI=1S/C22H20N2O5/c1-13(20(26)16-10-9-14-5-4-6-15(14)11-16)29-19(25)12-24-18-8-3-2-7-17(18)23-21(27)22(24)28/h2-3,7-11,13H,4-6,12H2,1H3,(H,23,27). The Labute approximate surface area is 165 Å². The summed E-state index contributed by atoms with van der Waals surface area (Å²) in [5, 5.41) is 0. The van der Waals surface area contributed by atoms with Crippen LogP contribution >= 0.6 is 0 Å². The van der Waals surface area contributed by atoms with Crippen LogP contribution in [-0.4, -0.2) is 27.4 Å². The van der Waals surface area contributed by atoms with Crippen LogP contribution in [0.2, 0.25) is 0 Å². The molecule has 29 heavy (non-hydrogen) atoms. The van der Waals surface area contributed by atoms with E-state index >= 15 is 0 Å². The number of hydrogen-bond donors (Lipinski definition) is 1. The van der Waals surface area contributed by atoms with Gasteiger partial charge < -0.3 is 9.72 Å². The molecule has 0 amide bonds. The number of benzene rings is 2. The fraction of sp³-hybridized carbons (Fsp3) is 0.273. The number of ether oxygens (including phenoxy) is 1. The van der Waals surface area contributed by atoms with Gasteiger partial charge in [0.2, 0.25) is 5.78 Å². The summed E-state index contributed by atoms with van der Waals surface area (Å²) in [6.07, 6.45) is 2.05. The van der Waals surface area contributed by atoms with Gasteiger partial charge >= 0.3 is 17.1 Å². The zero-order chi connectivity index (χ0) is 20.5. The van der Waals surface area contributed by atoms with Crippen molar-refractivity contribution in [3.63, 3.8) is 0 Å². The molecule has 1 aromatic heterocycles. The second kappa shape index (κ2) is 7.50. The third-order valence-corrected chi connectivity index (χ3v) is 5.23. The second-order valence-electron chi connectivity index (χ2n) is 7.20. The van der Waals surface area contributed by atoms with E-state index in [1.807, 2.05) is 12.1 Å². The molecule has 1 N–H and O–H groups in total. The van der Waals surface area contributed by atoms with Gasteiger partial charge in [-0.15, -0.1) is 0 Å². The number of Topliss-reactive ketones (excluding diaryl/α,β-unsaturated/α-hetero) is 1. The predicted octanol–water partition coefficient (Wildman–Crippen LogP) is 1.99. The van der Waals surface area contributed by atoms with E-state index < -0.39 is 29.7 Å². The summed E-state index contributed by atoms with van der Waals surface area (Å²) in [7, 11) is 0. The second-order valence-corrected chi connectivity index (χ2v) is 7.20. The molecule has 148 valence electrons. The highest BCUT2D eigenvalue weighted by molar-refractivity contribution is 6.00. The van der Waals surface area contributed by atoms with Crippen molar-refractivity contribution < 1.29 is 14.3 Å². The van der Waals surface area contributed by atoms with Gasteiger partial charge in [0.15, 0.2) is 6.10 Å². The van der Waals surface area contributed by atoms with Crippen LogP contribution in [0.1, 0.15) is 34.8 Å². The Morgan fingerprint density at radius 3 is 2.69 bits per heavy atom. The molecule has 0 radical (unpaired) electrons. The van der Waals surface area contributed by atoms with E-state index in [2.05, 4.69) is 4.98 Å². The normalized spacial score (nSPS) is 13.8. The first-order chi connectivity index (χ1) is 13.9. The number of esters is 1. The number of aromatic nitrogens is 2. The van der Waals surface area contributed by atoms with E-state index in [4.69, 9.17) is 4.74 Å². The molecule has 0 saturated heterocycles. The maximum absolute atomic E-state index is 12.7. The first-order valence-corrected chi connectivity index (χ1v) is 9.51. The Morgan fingerprint density at radius 1 is 1.10 bits per heavy atom. The minimum Gasteiger partial charge on any atom is -0.453 e. The van der Waals surface area contributed by atoms with Crippen molar-refractivity contribution >= 4 is 22.8 Å². The summed E-state index contributed by atoms with van der Waals surface area (Å²) in [5.74, 6) is -1.05. The molecular weight excluding hydrogens is 372 g/mol. The molecule has 0 bridgehead atoms. The zero-order valence-electron chi connectivity index (χ0n) is 15.9. The van der Waals surface area contributed by atoms with E-state index in [0.29, 0.717) is 16.6 Å². The molecule has 1 atom stereocenters. The summed E-state index contributed by atoms with van der Waals surface area (Å²) in [6, 6.07) is 12.2. The molecule has 4 rings (SSSR count). The highest BCUT2D eigenvalue weighted by Crippen LogP contribution is 2.23. The third kappa shape index (κ3) is 3.63. The van der Waals surface area contributed by atoms with Gasteiger partial charge in [-0.3, -0.25) is 23.7 Å². The molecule has 2 aromatic carbocycles. The quantitative estimate of drug-likeness (QED) is 0.407. The average Bonchev–Trinajstić information content (AvgIpc) is 3.18. The summed E-state index contributed by atoms with van der Waals surface area (Å²) < 4.78 is 6.33. The maximum atomic E-state index is 12.7. The van der Waals surface area contributed by atoms with Gasteiger partial charge in [-0.2, -0.15) is 0 Å². The SMILES string of the molecule is CC(OC(=O)Cn1c(=O)c(=O)[nH]c2ccccc21)C(=O)c1ccc2c(c1)CCC2. The zero-order valence-corrected chi connectivity index (χ0v) is 15.9. The summed E-state index contributed by atoms with van der Waals surface area (Å²) in [5.41, 5.74) is 2.10. The first-order valence-electron chi connectivity index (χ1n) is 9.51. The van der Waals surface area contributed by atoms with E-state index in [9.17, 15) is 19.2 Å². The van der Waals surface area contributed by atoms with E-state index in [1.165, 1.54) is 12.5 Å². The van der Waals surface area contributed by atoms with Crippen LogP contribution in [0.25, 0.3) is 11.0 Å². The number of carbonyl (C=O) groups is 2. The van der Waals surface area contributed by atoms with Crippen molar-refractivity contribution in [1.82, 2.24) is 9.55 Å². The van der Waals surface area contributed by atoms with Crippen molar-refractivity contribution in [1.29, 1.82) is 0 Å². The van der Waals surface area contributed by atoms with Crippen LogP contribution in [0.5, 0.6) is 0 Å². The van der Waals surface area contributed by atoms with E-state index in [1.54, 1.807) is 30.3 Å². The van der Waals surface area contributed by atoms with Crippen molar-refractivity contribution in [3.8, 4) is 0 Å². The predicted molar refractivity (Wildman–Crippen MR) is 107 cm³/mol. The number of fused-ring (bicyclic) bond motifs is 2. The van der Waals surface area contributed by atoms with Gasteiger partial charge in [-0.05, 0) is 55.5 Å². The van der Waals surface area contributed by atoms with Gasteiger partial charge in [0.1, 0.15) is 6.54 Å². The van der Waals surface area contributed by atoms with Crippen LogP contribution in [0.15, 0.2) is 52.1 Å². The first kappa shape index (κ1) is 18.9. The Kier molecular flexibility index (Phi) is 4.88. The van der Waals surface area contributed by atoms with Gasteiger partial charge in [-0.1, -0.05) is 24.3 Å². The molecule has 7 heteroatoms. The molecule has 1 heterocycles. The molecule has 0 aliphatic heterocycles. The minimum absolute atomic E-state index is 0.295. The van der Waals surface area contributed by atoms with Gasteiger partial charge in [0, 0.05) is 5.56 Å². The lowest BCUT2D eigenvalue weighted by atomic mass is 10.0. The van der Waals surface area contributed by atoms with Crippen LogP contribution in [-0.2, 0) is 28.9 Å². The van der Waals surface area contributed by atoms with E-state index in [-0.39, 0.29) is 5.78 Å². The molecule has 3 aromatic rings. The molecule has 0 saturated carbocycles. The van der Waals surface area contributed by atoms with Gasteiger partial charge in [0.05, 0.1) is 11.0 Å². The van der Waals surface area contributed by atoms with Crippen LogP contribution in [0.3, 0.4) is 0 Å². The molecule has 7 nitrogen and oxygen atoms in total. The lowest BCUT2D eigenvalue weighted by Crippen LogP contribution is -2.38. The monoisotopic (exact) mass is 392 g/mol. The number of rotatable bonds is 5. The summed E-state index contributed by atoms with van der Waals surface area (Å²) in [6.45, 7) is 1.05. The number of H-pyrrole nitrogens is 1. The fourth-order valence-corrected chi connectivity index (χ4v) is 3.76. The lowest BCUT2D eigenvalue weighted by molar-refractivity contribution is -0.147. The third-order valence-electron chi connectivity index (χ3n) is 5.23. The molecular formula is C22H20N2O5. The van der Waals surface area contributed by atoms with E-state index in [0.717, 1.165) is 29.4 Å². The number of aromatic amines is 1. The van der Waals surface area contributed by atoms with Crippen molar-refractivity contribution in [3.05, 3.63) is 79.9 Å². The Morgan fingerprint density at radius 2 is 1.86 bits per heavy atom. The molecule has 1 aliphatic carbocycles. The van der Waals surface area contributed by atoms with Crippen molar-refractivity contribution in [2.24, 2.45) is 0 Å². The molecule has 1 aliphatic rings. The smallest absolute Gasteiger partial charge is 0.326 e. The number of nitrogens with zero attached hydrogens (tertiary/aromatic N) is 1. The number of carbonyl (C=O) groups excluding carboxylic acids is 2. The summed E-state index contributed by atoms with van der Waals surface area (Å²) >= 11 is 0. The van der Waals surface area contributed by atoms with Crippen LogP contribution < -0.4 is 11.1 Å². The number of hydrogen-bond acceptors (Lipinski definition) is 5. The number of para-hydroxylation sites is 2. The molecule has 1 unspecified atom stereocenters. The number of aryl methyl sites for hydroxylation is 2. The number of nitrogens with one attached hydrogen (secondary N) is 1. The Hall–Kier alpha value is -3.48. The number of ketones is 1.